The highest BCUT2D eigenvalue weighted by atomic mass is 15.0. The molecule has 2 aromatic carbocycles. The number of benzene rings is 2. The van der Waals surface area contributed by atoms with Gasteiger partial charge in [-0.2, -0.15) is 0 Å². The highest BCUT2D eigenvalue weighted by molar-refractivity contribution is 6.03. The SMILES string of the molecule is CCCCC(=N)c1cc2ccccc2cc1C1C=CC(CN(C)C)=C1. The van der Waals surface area contributed by atoms with Crippen molar-refractivity contribution in [1.82, 2.24) is 4.90 Å². The average Bonchev–Trinajstić information content (AvgIpc) is 3.06. The molecule has 0 fully saturated rings. The number of nitrogens with one attached hydrogen (secondary N) is 1. The van der Waals surface area contributed by atoms with E-state index in [0.717, 1.165) is 37.1 Å². The lowest BCUT2D eigenvalue weighted by atomic mass is 9.88. The number of likely N-dealkylation sites (N-methyl/N-ethyl adjacent to an activating group) is 1. The quantitative estimate of drug-likeness (QED) is 0.662. The molecule has 0 radical (unpaired) electrons. The van der Waals surface area contributed by atoms with E-state index < -0.39 is 0 Å². The first-order valence-corrected chi connectivity index (χ1v) is 9.22. The van der Waals surface area contributed by atoms with Crippen molar-refractivity contribution in [1.29, 1.82) is 5.41 Å². The van der Waals surface area contributed by atoms with E-state index in [4.69, 9.17) is 5.41 Å². The largest absolute Gasteiger partial charge is 0.305 e. The van der Waals surface area contributed by atoms with Crippen LogP contribution in [-0.2, 0) is 0 Å². The van der Waals surface area contributed by atoms with Gasteiger partial charge in [0.05, 0.1) is 0 Å². The molecule has 0 aromatic heterocycles. The van der Waals surface area contributed by atoms with Crippen molar-refractivity contribution in [3.63, 3.8) is 0 Å². The minimum Gasteiger partial charge on any atom is -0.305 e. The van der Waals surface area contributed by atoms with E-state index >= 15 is 0 Å². The van der Waals surface area contributed by atoms with Crippen molar-refractivity contribution in [3.8, 4) is 0 Å². The van der Waals surface area contributed by atoms with Crippen molar-refractivity contribution in [3.05, 3.63) is 71.3 Å². The highest BCUT2D eigenvalue weighted by Gasteiger charge is 2.18. The van der Waals surface area contributed by atoms with Gasteiger partial charge in [-0.05, 0) is 66.5 Å². The topological polar surface area (TPSA) is 27.1 Å². The van der Waals surface area contributed by atoms with E-state index in [9.17, 15) is 0 Å². The Morgan fingerprint density at radius 2 is 1.84 bits per heavy atom. The number of fused-ring (bicyclic) bond motifs is 1. The summed E-state index contributed by atoms with van der Waals surface area (Å²) in [5, 5.41) is 11.1. The monoisotopic (exact) mass is 332 g/mol. The molecule has 1 N–H and O–H groups in total. The third-order valence-corrected chi connectivity index (χ3v) is 4.79. The molecule has 0 bridgehead atoms. The van der Waals surface area contributed by atoms with Gasteiger partial charge in [0.2, 0.25) is 0 Å². The maximum atomic E-state index is 8.62. The van der Waals surface area contributed by atoms with Gasteiger partial charge in [-0.25, -0.2) is 0 Å². The molecular formula is C23H28N2. The van der Waals surface area contributed by atoms with Gasteiger partial charge in [0.15, 0.2) is 0 Å². The van der Waals surface area contributed by atoms with Crippen LogP contribution in [0.25, 0.3) is 10.8 Å². The second-order valence-corrected chi connectivity index (χ2v) is 7.23. The minimum atomic E-state index is 0.275. The number of hydrogen-bond acceptors (Lipinski definition) is 2. The first-order valence-electron chi connectivity index (χ1n) is 9.22. The smallest absolute Gasteiger partial charge is 0.0389 e. The average molecular weight is 332 g/mol. The number of rotatable bonds is 7. The van der Waals surface area contributed by atoms with Gasteiger partial charge >= 0.3 is 0 Å². The van der Waals surface area contributed by atoms with Gasteiger partial charge < -0.3 is 10.3 Å². The molecule has 25 heavy (non-hydrogen) atoms. The fourth-order valence-electron chi connectivity index (χ4n) is 3.52. The molecule has 0 saturated heterocycles. The first-order chi connectivity index (χ1) is 12.1. The van der Waals surface area contributed by atoms with Crippen LogP contribution >= 0.6 is 0 Å². The molecule has 1 aliphatic carbocycles. The maximum absolute atomic E-state index is 8.62. The Kier molecular flexibility index (Phi) is 5.50. The summed E-state index contributed by atoms with van der Waals surface area (Å²) in [5.74, 6) is 0.275. The molecule has 0 saturated carbocycles. The fourth-order valence-corrected chi connectivity index (χ4v) is 3.52. The van der Waals surface area contributed by atoms with Gasteiger partial charge in [0, 0.05) is 18.2 Å². The maximum Gasteiger partial charge on any atom is 0.0389 e. The van der Waals surface area contributed by atoms with Gasteiger partial charge in [-0.15, -0.1) is 0 Å². The van der Waals surface area contributed by atoms with Crippen LogP contribution in [0.3, 0.4) is 0 Å². The number of allylic oxidation sites excluding steroid dienone is 2. The summed E-state index contributed by atoms with van der Waals surface area (Å²) in [7, 11) is 4.20. The highest BCUT2D eigenvalue weighted by Crippen LogP contribution is 2.33. The lowest BCUT2D eigenvalue weighted by Crippen LogP contribution is -2.13. The minimum absolute atomic E-state index is 0.275. The van der Waals surface area contributed by atoms with E-state index in [1.807, 2.05) is 0 Å². The van der Waals surface area contributed by atoms with Gasteiger partial charge in [-0.3, -0.25) is 0 Å². The third-order valence-electron chi connectivity index (χ3n) is 4.79. The van der Waals surface area contributed by atoms with Crippen LogP contribution in [0.5, 0.6) is 0 Å². The second-order valence-electron chi connectivity index (χ2n) is 7.23. The molecule has 0 spiro atoms. The molecule has 0 aliphatic heterocycles. The summed E-state index contributed by atoms with van der Waals surface area (Å²) in [6, 6.07) is 13.0. The molecule has 1 atom stereocenters. The zero-order valence-electron chi connectivity index (χ0n) is 15.5. The molecule has 0 amide bonds. The zero-order chi connectivity index (χ0) is 17.8. The summed E-state index contributed by atoms with van der Waals surface area (Å²) < 4.78 is 0. The Morgan fingerprint density at radius 3 is 2.52 bits per heavy atom. The summed E-state index contributed by atoms with van der Waals surface area (Å²) in [6.45, 7) is 3.15. The van der Waals surface area contributed by atoms with Gasteiger partial charge in [0.25, 0.3) is 0 Å². The lowest BCUT2D eigenvalue weighted by Gasteiger charge is -2.16. The predicted molar refractivity (Wildman–Crippen MR) is 109 cm³/mol. The lowest BCUT2D eigenvalue weighted by molar-refractivity contribution is 0.449. The van der Waals surface area contributed by atoms with Crippen molar-refractivity contribution < 1.29 is 0 Å². The van der Waals surface area contributed by atoms with Crippen LogP contribution in [0, 0.1) is 5.41 Å². The number of unbranched alkanes of at least 4 members (excludes halogenated alkanes) is 1. The summed E-state index contributed by atoms with van der Waals surface area (Å²) in [5.41, 5.74) is 4.51. The summed E-state index contributed by atoms with van der Waals surface area (Å²) in [6.07, 6.45) is 9.92. The molecule has 2 aromatic rings. The molecule has 3 rings (SSSR count). The van der Waals surface area contributed by atoms with Crippen LogP contribution in [0.2, 0.25) is 0 Å². The van der Waals surface area contributed by atoms with Crippen LogP contribution < -0.4 is 0 Å². The van der Waals surface area contributed by atoms with E-state index in [2.05, 4.69) is 80.5 Å². The Balaban J connectivity index is 2.02. The summed E-state index contributed by atoms with van der Waals surface area (Å²) in [4.78, 5) is 2.20. The molecule has 130 valence electrons. The van der Waals surface area contributed by atoms with Crippen LogP contribution in [0.15, 0.2) is 60.2 Å². The Labute approximate surface area is 151 Å². The normalized spacial score (nSPS) is 16.6. The van der Waals surface area contributed by atoms with Crippen molar-refractivity contribution in [2.24, 2.45) is 0 Å². The molecular weight excluding hydrogens is 304 g/mol. The Bertz CT molecular complexity index is 827. The molecule has 0 heterocycles. The molecule has 2 nitrogen and oxygen atoms in total. The third kappa shape index (κ3) is 4.08. The summed E-state index contributed by atoms with van der Waals surface area (Å²) >= 11 is 0. The van der Waals surface area contributed by atoms with Crippen LogP contribution in [0.4, 0.5) is 0 Å². The first kappa shape index (κ1) is 17.6. The van der Waals surface area contributed by atoms with E-state index in [1.54, 1.807) is 0 Å². The van der Waals surface area contributed by atoms with E-state index in [0.29, 0.717) is 0 Å². The van der Waals surface area contributed by atoms with E-state index in [-0.39, 0.29) is 5.92 Å². The van der Waals surface area contributed by atoms with Gasteiger partial charge in [0.1, 0.15) is 0 Å². The second kappa shape index (κ2) is 7.79. The predicted octanol–water partition coefficient (Wildman–Crippen LogP) is 5.54. The Morgan fingerprint density at radius 1 is 1.12 bits per heavy atom. The Hall–Kier alpha value is -2.19. The van der Waals surface area contributed by atoms with Crippen molar-refractivity contribution >= 4 is 16.5 Å². The molecule has 1 aliphatic rings. The fraction of sp³-hybridized carbons (Fsp3) is 0.348. The van der Waals surface area contributed by atoms with Crippen LogP contribution in [0.1, 0.15) is 43.2 Å². The number of hydrogen-bond donors (Lipinski definition) is 1. The van der Waals surface area contributed by atoms with E-state index in [1.165, 1.54) is 21.9 Å². The van der Waals surface area contributed by atoms with Gasteiger partial charge in [-0.1, -0.05) is 55.8 Å². The van der Waals surface area contributed by atoms with Crippen molar-refractivity contribution in [2.75, 3.05) is 20.6 Å². The van der Waals surface area contributed by atoms with Crippen LogP contribution in [-0.4, -0.2) is 31.3 Å². The molecule has 2 heteroatoms. The zero-order valence-corrected chi connectivity index (χ0v) is 15.5. The van der Waals surface area contributed by atoms with Crippen molar-refractivity contribution in [2.45, 2.75) is 32.1 Å². The standard InChI is InChI=1S/C23H28N2/c1-4-5-10-23(24)22-15-19-9-7-6-8-18(19)14-21(22)20-12-11-17(13-20)16-25(2)3/h6-9,11-15,20,24H,4-5,10,16H2,1-3H3. The molecule has 1 unspecified atom stereocenters. The number of nitrogens with zero attached hydrogens (tertiary/aromatic N) is 1.